The van der Waals surface area contributed by atoms with E-state index < -0.39 is 12.1 Å². The minimum Gasteiger partial charge on any atom is -0.481 e. The molecule has 1 amide bonds. The number of esters is 1. The molecule has 1 atom stereocenters. The lowest BCUT2D eigenvalue weighted by Gasteiger charge is -2.15. The number of rotatable bonds is 6. The van der Waals surface area contributed by atoms with Crippen LogP contribution in [0.25, 0.3) is 11.1 Å². The summed E-state index contributed by atoms with van der Waals surface area (Å²) < 4.78 is 10.8. The fraction of sp³-hybridized carbons (Fsp3) is 0.250. The van der Waals surface area contributed by atoms with Crippen molar-refractivity contribution in [3.63, 3.8) is 0 Å². The van der Waals surface area contributed by atoms with Gasteiger partial charge in [0.15, 0.2) is 6.10 Å². The largest absolute Gasteiger partial charge is 0.481 e. The Balaban J connectivity index is 1.44. The average molecular weight is 422 g/mol. The summed E-state index contributed by atoms with van der Waals surface area (Å²) in [6.07, 6.45) is 2.08. The number of hydrogen-bond acceptors (Lipinski definition) is 5. The van der Waals surface area contributed by atoms with Crippen LogP contribution in [0.5, 0.6) is 5.75 Å². The van der Waals surface area contributed by atoms with E-state index in [1.54, 1.807) is 6.92 Å². The Labute approximate surface area is 179 Å². The van der Waals surface area contributed by atoms with E-state index in [2.05, 4.69) is 5.32 Å². The molecule has 0 saturated heterocycles. The van der Waals surface area contributed by atoms with Gasteiger partial charge in [0.1, 0.15) is 10.8 Å². The zero-order valence-electron chi connectivity index (χ0n) is 16.9. The molecule has 154 valence electrons. The SMILES string of the molecule is COC(=O)c1c(NC(=O)[C@@H](C)Oc2ccc(-c3ccccc3)cc2)sc2c1CCC2. The monoisotopic (exact) mass is 421 g/mol. The highest BCUT2D eigenvalue weighted by atomic mass is 32.1. The zero-order chi connectivity index (χ0) is 21.1. The van der Waals surface area contributed by atoms with Gasteiger partial charge in [-0.2, -0.15) is 0 Å². The molecule has 2 aromatic carbocycles. The van der Waals surface area contributed by atoms with Crippen molar-refractivity contribution in [3.05, 3.63) is 70.6 Å². The first-order chi connectivity index (χ1) is 14.6. The number of carbonyl (C=O) groups excluding carboxylic acids is 2. The molecule has 0 saturated carbocycles. The Morgan fingerprint density at radius 1 is 1.00 bits per heavy atom. The predicted molar refractivity (Wildman–Crippen MR) is 118 cm³/mol. The maximum atomic E-state index is 12.7. The number of anilines is 1. The van der Waals surface area contributed by atoms with E-state index in [0.717, 1.165) is 40.8 Å². The van der Waals surface area contributed by atoms with Crippen molar-refractivity contribution in [1.82, 2.24) is 0 Å². The zero-order valence-corrected chi connectivity index (χ0v) is 17.8. The second-order valence-corrected chi connectivity index (χ2v) is 8.30. The van der Waals surface area contributed by atoms with E-state index in [4.69, 9.17) is 9.47 Å². The van der Waals surface area contributed by atoms with Gasteiger partial charge in [-0.15, -0.1) is 11.3 Å². The van der Waals surface area contributed by atoms with Crippen LogP contribution in [0.3, 0.4) is 0 Å². The summed E-state index contributed by atoms with van der Waals surface area (Å²) in [5.41, 5.74) is 3.70. The van der Waals surface area contributed by atoms with Gasteiger partial charge < -0.3 is 14.8 Å². The number of nitrogens with one attached hydrogen (secondary N) is 1. The lowest BCUT2D eigenvalue weighted by Crippen LogP contribution is -2.30. The van der Waals surface area contributed by atoms with E-state index in [9.17, 15) is 9.59 Å². The quantitative estimate of drug-likeness (QED) is 0.563. The van der Waals surface area contributed by atoms with Crippen LogP contribution < -0.4 is 10.1 Å². The van der Waals surface area contributed by atoms with E-state index in [-0.39, 0.29) is 5.91 Å². The molecule has 1 N–H and O–H groups in total. The van der Waals surface area contributed by atoms with E-state index in [0.29, 0.717) is 16.3 Å². The third-order valence-electron chi connectivity index (χ3n) is 5.19. The van der Waals surface area contributed by atoms with Crippen molar-refractivity contribution >= 4 is 28.2 Å². The summed E-state index contributed by atoms with van der Waals surface area (Å²) >= 11 is 1.46. The van der Waals surface area contributed by atoms with Crippen molar-refractivity contribution < 1.29 is 19.1 Å². The van der Waals surface area contributed by atoms with Crippen LogP contribution in [0.15, 0.2) is 54.6 Å². The molecule has 6 heteroatoms. The number of thiophene rings is 1. The molecule has 0 aliphatic heterocycles. The van der Waals surface area contributed by atoms with Crippen LogP contribution in [0.2, 0.25) is 0 Å². The minimum atomic E-state index is -0.713. The number of carbonyl (C=O) groups is 2. The number of amides is 1. The molecule has 0 fully saturated rings. The van der Waals surface area contributed by atoms with E-state index >= 15 is 0 Å². The highest BCUT2D eigenvalue weighted by molar-refractivity contribution is 7.17. The molecular formula is C24H23NO4S. The molecule has 0 bridgehead atoms. The van der Waals surface area contributed by atoms with Crippen molar-refractivity contribution in [2.45, 2.75) is 32.3 Å². The van der Waals surface area contributed by atoms with Crippen LogP contribution in [0.1, 0.15) is 34.1 Å². The van der Waals surface area contributed by atoms with Gasteiger partial charge in [0.2, 0.25) is 0 Å². The van der Waals surface area contributed by atoms with Crippen molar-refractivity contribution in [2.75, 3.05) is 12.4 Å². The van der Waals surface area contributed by atoms with E-state index in [1.807, 2.05) is 54.6 Å². The highest BCUT2D eigenvalue weighted by Crippen LogP contribution is 2.39. The number of ether oxygens (including phenoxy) is 2. The predicted octanol–water partition coefficient (Wildman–Crippen LogP) is 5.10. The second-order valence-electron chi connectivity index (χ2n) is 7.19. The van der Waals surface area contributed by atoms with Gasteiger partial charge in [-0.25, -0.2) is 4.79 Å². The number of hydrogen-bond donors (Lipinski definition) is 1. The normalized spacial score (nSPS) is 13.4. The second kappa shape index (κ2) is 8.71. The molecule has 1 aliphatic rings. The first-order valence-corrected chi connectivity index (χ1v) is 10.7. The summed E-state index contributed by atoms with van der Waals surface area (Å²) in [6.45, 7) is 1.69. The summed E-state index contributed by atoms with van der Waals surface area (Å²) in [6, 6.07) is 17.7. The minimum absolute atomic E-state index is 0.299. The molecule has 1 aliphatic carbocycles. The summed E-state index contributed by atoms with van der Waals surface area (Å²) in [7, 11) is 1.36. The van der Waals surface area contributed by atoms with Crippen LogP contribution in [-0.4, -0.2) is 25.1 Å². The number of aryl methyl sites for hydroxylation is 1. The molecule has 0 radical (unpaired) electrons. The van der Waals surface area contributed by atoms with Crippen LogP contribution in [0.4, 0.5) is 5.00 Å². The Bertz CT molecular complexity index is 1060. The fourth-order valence-electron chi connectivity index (χ4n) is 3.64. The van der Waals surface area contributed by atoms with Gasteiger partial charge in [-0.1, -0.05) is 42.5 Å². The number of fused-ring (bicyclic) bond motifs is 1. The highest BCUT2D eigenvalue weighted by Gasteiger charge is 2.29. The maximum Gasteiger partial charge on any atom is 0.341 e. The lowest BCUT2D eigenvalue weighted by molar-refractivity contribution is -0.122. The average Bonchev–Trinajstić information content (AvgIpc) is 3.35. The summed E-state index contributed by atoms with van der Waals surface area (Å²) in [5, 5.41) is 3.41. The fourth-order valence-corrected chi connectivity index (χ4v) is 4.92. The van der Waals surface area contributed by atoms with Gasteiger partial charge >= 0.3 is 5.97 Å². The van der Waals surface area contributed by atoms with Gasteiger partial charge in [0.25, 0.3) is 5.91 Å². The molecule has 0 spiro atoms. The van der Waals surface area contributed by atoms with Crippen LogP contribution >= 0.6 is 11.3 Å². The van der Waals surface area contributed by atoms with Crippen LogP contribution in [-0.2, 0) is 22.4 Å². The molecule has 1 aromatic heterocycles. The Kier molecular flexibility index (Phi) is 5.86. The number of benzene rings is 2. The first-order valence-electron chi connectivity index (χ1n) is 9.92. The van der Waals surface area contributed by atoms with Crippen LogP contribution in [0, 0.1) is 0 Å². The third-order valence-corrected chi connectivity index (χ3v) is 6.40. The standard InChI is InChI=1S/C24H23NO4S/c1-15(29-18-13-11-17(12-14-18)16-7-4-3-5-8-16)22(26)25-23-21(24(27)28-2)19-9-6-10-20(19)30-23/h3-5,7-8,11-15H,6,9-10H2,1-2H3,(H,25,26)/t15-/m1/s1. The van der Waals surface area contributed by atoms with E-state index in [1.165, 1.54) is 18.4 Å². The molecule has 1 heterocycles. The first kappa shape index (κ1) is 20.2. The third kappa shape index (κ3) is 4.09. The molecule has 3 aromatic rings. The Morgan fingerprint density at radius 2 is 1.70 bits per heavy atom. The Hall–Kier alpha value is -3.12. The van der Waals surface area contributed by atoms with Crippen molar-refractivity contribution in [1.29, 1.82) is 0 Å². The van der Waals surface area contributed by atoms with Gasteiger partial charge in [0.05, 0.1) is 12.7 Å². The summed E-state index contributed by atoms with van der Waals surface area (Å²) in [4.78, 5) is 26.1. The molecular weight excluding hydrogens is 398 g/mol. The molecule has 5 nitrogen and oxygen atoms in total. The molecule has 0 unspecified atom stereocenters. The molecule has 4 rings (SSSR count). The lowest BCUT2D eigenvalue weighted by atomic mass is 10.1. The van der Waals surface area contributed by atoms with Crippen molar-refractivity contribution in [2.24, 2.45) is 0 Å². The summed E-state index contributed by atoms with van der Waals surface area (Å²) in [5.74, 6) is -0.0961. The smallest absolute Gasteiger partial charge is 0.341 e. The Morgan fingerprint density at radius 3 is 2.40 bits per heavy atom. The topological polar surface area (TPSA) is 64.6 Å². The maximum absolute atomic E-state index is 12.7. The van der Waals surface area contributed by atoms with Gasteiger partial charge in [0, 0.05) is 4.88 Å². The van der Waals surface area contributed by atoms with Gasteiger partial charge in [-0.05, 0) is 55.0 Å². The van der Waals surface area contributed by atoms with Crippen molar-refractivity contribution in [3.8, 4) is 16.9 Å². The number of methoxy groups -OCH3 is 1. The molecule has 30 heavy (non-hydrogen) atoms. The van der Waals surface area contributed by atoms with Gasteiger partial charge in [-0.3, -0.25) is 4.79 Å².